The van der Waals surface area contributed by atoms with Crippen LogP contribution in [0.1, 0.15) is 42.5 Å². The van der Waals surface area contributed by atoms with Crippen molar-refractivity contribution in [3.05, 3.63) is 22.7 Å². The first kappa shape index (κ1) is 20.4. The van der Waals surface area contributed by atoms with E-state index in [9.17, 15) is 18.3 Å². The van der Waals surface area contributed by atoms with E-state index in [1.807, 2.05) is 0 Å². The second-order valence-electron chi connectivity index (χ2n) is 7.03. The Labute approximate surface area is 164 Å². The number of hydrogen-bond acceptors (Lipinski definition) is 5. The van der Waals surface area contributed by atoms with Crippen molar-refractivity contribution >= 4 is 33.3 Å². The molecule has 1 saturated heterocycles. The van der Waals surface area contributed by atoms with Crippen LogP contribution in [0, 0.1) is 5.92 Å². The molecule has 0 atom stereocenters. The third-order valence-electron chi connectivity index (χ3n) is 5.20. The standard InChI is InChI=1S/C18H25ClN2O5S/c19-15-11-16(20-12-13-4-2-1-3-5-13)14(18(22)23)10-17(15)27(24,25)21-6-8-26-9-7-21/h10-11,13,20H,1-9,12H2,(H,22,23). The minimum Gasteiger partial charge on any atom is -0.478 e. The number of sulfonamides is 1. The zero-order valence-corrected chi connectivity index (χ0v) is 16.7. The van der Waals surface area contributed by atoms with Gasteiger partial charge in [-0.2, -0.15) is 4.31 Å². The number of carboxylic acid groups (broad SMARTS) is 1. The molecule has 1 saturated carbocycles. The molecular weight excluding hydrogens is 392 g/mol. The fourth-order valence-electron chi connectivity index (χ4n) is 3.65. The van der Waals surface area contributed by atoms with Crippen LogP contribution >= 0.6 is 11.6 Å². The van der Waals surface area contributed by atoms with Gasteiger partial charge >= 0.3 is 5.97 Å². The second-order valence-corrected chi connectivity index (χ2v) is 9.35. The van der Waals surface area contributed by atoms with Gasteiger partial charge in [-0.3, -0.25) is 0 Å². The van der Waals surface area contributed by atoms with Gasteiger partial charge in [0.25, 0.3) is 0 Å². The van der Waals surface area contributed by atoms with Gasteiger partial charge in [0, 0.05) is 19.6 Å². The number of benzene rings is 1. The van der Waals surface area contributed by atoms with E-state index < -0.39 is 16.0 Å². The van der Waals surface area contributed by atoms with E-state index in [2.05, 4.69) is 5.32 Å². The number of ether oxygens (including phenoxy) is 1. The maximum atomic E-state index is 12.9. The lowest BCUT2D eigenvalue weighted by molar-refractivity contribution is 0.0697. The van der Waals surface area contributed by atoms with Crippen molar-refractivity contribution < 1.29 is 23.1 Å². The molecule has 1 heterocycles. The van der Waals surface area contributed by atoms with Gasteiger partial charge in [-0.05, 0) is 30.9 Å². The molecule has 0 amide bonds. The van der Waals surface area contributed by atoms with Gasteiger partial charge in [-0.1, -0.05) is 30.9 Å². The van der Waals surface area contributed by atoms with Crippen molar-refractivity contribution in [2.24, 2.45) is 5.92 Å². The van der Waals surface area contributed by atoms with Gasteiger partial charge in [0.1, 0.15) is 4.90 Å². The van der Waals surface area contributed by atoms with E-state index in [1.54, 1.807) is 0 Å². The monoisotopic (exact) mass is 416 g/mol. The van der Waals surface area contributed by atoms with Gasteiger partial charge in [0.2, 0.25) is 10.0 Å². The third-order valence-corrected chi connectivity index (χ3v) is 7.56. The summed E-state index contributed by atoms with van der Waals surface area (Å²) in [6.07, 6.45) is 5.86. The third kappa shape index (κ3) is 4.74. The molecular formula is C18H25ClN2O5S. The SMILES string of the molecule is O=C(O)c1cc(S(=O)(=O)N2CCOCC2)c(Cl)cc1NCC1CCCCC1. The van der Waals surface area contributed by atoms with Gasteiger partial charge < -0.3 is 15.2 Å². The van der Waals surface area contributed by atoms with E-state index in [4.69, 9.17) is 16.3 Å². The summed E-state index contributed by atoms with van der Waals surface area (Å²) in [5, 5.41) is 12.8. The maximum absolute atomic E-state index is 12.9. The molecule has 0 radical (unpaired) electrons. The van der Waals surface area contributed by atoms with Crippen molar-refractivity contribution in [2.75, 3.05) is 38.2 Å². The van der Waals surface area contributed by atoms with Crippen molar-refractivity contribution in [3.63, 3.8) is 0 Å². The minimum atomic E-state index is -3.87. The molecule has 3 rings (SSSR count). The molecule has 0 spiro atoms. The van der Waals surface area contributed by atoms with Crippen LogP contribution in [-0.2, 0) is 14.8 Å². The molecule has 27 heavy (non-hydrogen) atoms. The Morgan fingerprint density at radius 1 is 1.22 bits per heavy atom. The number of hydrogen-bond donors (Lipinski definition) is 2. The molecule has 150 valence electrons. The minimum absolute atomic E-state index is 0.0256. The average molecular weight is 417 g/mol. The molecule has 2 aliphatic rings. The Bertz CT molecular complexity index is 787. The van der Waals surface area contributed by atoms with E-state index in [-0.39, 0.29) is 28.6 Å². The summed E-state index contributed by atoms with van der Waals surface area (Å²) in [6.45, 7) is 1.73. The van der Waals surface area contributed by atoms with Crippen LogP contribution in [0.3, 0.4) is 0 Å². The highest BCUT2D eigenvalue weighted by Crippen LogP contribution is 2.32. The predicted molar refractivity (Wildman–Crippen MR) is 103 cm³/mol. The van der Waals surface area contributed by atoms with E-state index in [0.29, 0.717) is 31.4 Å². The number of halogens is 1. The molecule has 2 N–H and O–H groups in total. The van der Waals surface area contributed by atoms with Gasteiger partial charge in [0.15, 0.2) is 0 Å². The first-order valence-corrected chi connectivity index (χ1v) is 11.1. The second kappa shape index (κ2) is 8.77. The van der Waals surface area contributed by atoms with Gasteiger partial charge in [-0.25, -0.2) is 13.2 Å². The highest BCUT2D eigenvalue weighted by molar-refractivity contribution is 7.89. The number of rotatable bonds is 6. The predicted octanol–water partition coefficient (Wildman–Crippen LogP) is 3.05. The number of morpholine rings is 1. The Kier molecular flexibility index (Phi) is 6.62. The number of aromatic carboxylic acids is 1. The van der Waals surface area contributed by atoms with Crippen molar-refractivity contribution in [1.29, 1.82) is 0 Å². The van der Waals surface area contributed by atoms with E-state index in [0.717, 1.165) is 12.8 Å². The van der Waals surface area contributed by atoms with Gasteiger partial charge in [0.05, 0.1) is 29.5 Å². The summed E-state index contributed by atoms with van der Waals surface area (Å²) in [4.78, 5) is 11.6. The summed E-state index contributed by atoms with van der Waals surface area (Å²) < 4.78 is 32.2. The number of anilines is 1. The number of nitrogens with one attached hydrogen (secondary N) is 1. The Balaban J connectivity index is 1.86. The Morgan fingerprint density at radius 3 is 2.52 bits per heavy atom. The molecule has 2 fully saturated rings. The summed E-state index contributed by atoms with van der Waals surface area (Å²) in [5.74, 6) is -0.688. The Hall–Kier alpha value is -1.35. The molecule has 0 bridgehead atoms. The summed E-state index contributed by atoms with van der Waals surface area (Å²) in [6, 6.07) is 2.58. The molecule has 1 aromatic rings. The molecule has 0 aromatic heterocycles. The molecule has 1 aliphatic heterocycles. The topological polar surface area (TPSA) is 95.9 Å². The summed E-state index contributed by atoms with van der Waals surface area (Å²) in [5.41, 5.74) is 0.279. The lowest BCUT2D eigenvalue weighted by Gasteiger charge is -2.27. The highest BCUT2D eigenvalue weighted by atomic mass is 35.5. The molecule has 9 heteroatoms. The van der Waals surface area contributed by atoms with Crippen molar-refractivity contribution in [3.8, 4) is 0 Å². The van der Waals surface area contributed by atoms with Crippen LogP contribution in [0.15, 0.2) is 17.0 Å². The van der Waals surface area contributed by atoms with Crippen molar-refractivity contribution in [2.45, 2.75) is 37.0 Å². The largest absolute Gasteiger partial charge is 0.478 e. The number of carboxylic acids is 1. The van der Waals surface area contributed by atoms with Crippen LogP contribution in [-0.4, -0.2) is 56.6 Å². The van der Waals surface area contributed by atoms with Crippen LogP contribution < -0.4 is 5.32 Å². The molecule has 1 aromatic carbocycles. The van der Waals surface area contributed by atoms with Crippen molar-refractivity contribution in [1.82, 2.24) is 4.31 Å². The normalized spacial score (nSPS) is 19.7. The van der Waals surface area contributed by atoms with Gasteiger partial charge in [-0.15, -0.1) is 0 Å². The van der Waals surface area contributed by atoms with Crippen LogP contribution in [0.25, 0.3) is 0 Å². The zero-order chi connectivity index (χ0) is 19.4. The number of carbonyl (C=O) groups is 1. The molecule has 0 unspecified atom stereocenters. The quantitative estimate of drug-likeness (QED) is 0.739. The van der Waals surface area contributed by atoms with E-state index in [1.165, 1.54) is 35.7 Å². The maximum Gasteiger partial charge on any atom is 0.337 e. The lowest BCUT2D eigenvalue weighted by atomic mass is 9.89. The molecule has 1 aliphatic carbocycles. The molecule has 7 nitrogen and oxygen atoms in total. The number of nitrogens with zero attached hydrogens (tertiary/aromatic N) is 1. The highest BCUT2D eigenvalue weighted by Gasteiger charge is 2.30. The Morgan fingerprint density at radius 2 is 1.89 bits per heavy atom. The zero-order valence-electron chi connectivity index (χ0n) is 15.1. The first-order chi connectivity index (χ1) is 12.9. The fraction of sp³-hybridized carbons (Fsp3) is 0.611. The first-order valence-electron chi connectivity index (χ1n) is 9.28. The van der Waals surface area contributed by atoms with Crippen LogP contribution in [0.5, 0.6) is 0 Å². The summed E-state index contributed by atoms with van der Waals surface area (Å²) in [7, 11) is -3.87. The van der Waals surface area contributed by atoms with Crippen LogP contribution in [0.4, 0.5) is 5.69 Å². The lowest BCUT2D eigenvalue weighted by Crippen LogP contribution is -2.40. The smallest absolute Gasteiger partial charge is 0.337 e. The average Bonchev–Trinajstić information content (AvgIpc) is 2.67. The van der Waals surface area contributed by atoms with Crippen LogP contribution in [0.2, 0.25) is 5.02 Å². The van der Waals surface area contributed by atoms with E-state index >= 15 is 0 Å². The summed E-state index contributed by atoms with van der Waals surface area (Å²) >= 11 is 6.26. The fourth-order valence-corrected chi connectivity index (χ4v) is 5.58.